The zero-order valence-corrected chi connectivity index (χ0v) is 13.1. The Hall–Kier alpha value is -2.83. The molecule has 0 aliphatic heterocycles. The number of rotatable bonds is 7. The highest BCUT2D eigenvalue weighted by Crippen LogP contribution is 2.13. The van der Waals surface area contributed by atoms with Crippen molar-refractivity contribution in [1.82, 2.24) is 10.6 Å². The number of carbonyl (C=O) groups is 3. The molecule has 1 aromatic rings. The molecule has 1 aromatic carbocycles. The number of urea groups is 1. The molecule has 23 heavy (non-hydrogen) atoms. The number of benzene rings is 1. The first-order chi connectivity index (χ1) is 11.1. The van der Waals surface area contributed by atoms with E-state index in [9.17, 15) is 14.4 Å². The molecule has 0 bridgehead atoms. The summed E-state index contributed by atoms with van der Waals surface area (Å²) < 4.78 is 9.43. The van der Waals surface area contributed by atoms with E-state index in [2.05, 4.69) is 15.4 Å². The number of carbonyl (C=O) groups excluding carboxylic acids is 3. The van der Waals surface area contributed by atoms with E-state index in [0.29, 0.717) is 6.54 Å². The summed E-state index contributed by atoms with van der Waals surface area (Å²) in [7, 11) is 1.21. The predicted octanol–water partition coefficient (Wildman–Crippen LogP) is 1.32. The Labute approximate surface area is 134 Å². The highest BCUT2D eigenvalue weighted by atomic mass is 16.5. The van der Waals surface area contributed by atoms with Crippen molar-refractivity contribution in [1.29, 1.82) is 0 Å². The summed E-state index contributed by atoms with van der Waals surface area (Å²) in [6.07, 6.45) is 1.94. The van der Waals surface area contributed by atoms with Crippen LogP contribution in [0.5, 0.6) is 0 Å². The predicted molar refractivity (Wildman–Crippen MR) is 83.5 cm³/mol. The van der Waals surface area contributed by atoms with Crippen molar-refractivity contribution in [3.63, 3.8) is 0 Å². The smallest absolute Gasteiger partial charge is 0.331 e. The molecule has 0 saturated heterocycles. The summed E-state index contributed by atoms with van der Waals surface area (Å²) >= 11 is 0. The van der Waals surface area contributed by atoms with Crippen LogP contribution in [0.15, 0.2) is 42.5 Å². The monoisotopic (exact) mass is 320 g/mol. The highest BCUT2D eigenvalue weighted by Gasteiger charge is 2.16. The Morgan fingerprint density at radius 3 is 2.39 bits per heavy atom. The van der Waals surface area contributed by atoms with Crippen molar-refractivity contribution < 1.29 is 23.9 Å². The van der Waals surface area contributed by atoms with Crippen LogP contribution in [0, 0.1) is 0 Å². The van der Waals surface area contributed by atoms with Gasteiger partial charge in [-0.2, -0.15) is 0 Å². The highest BCUT2D eigenvalue weighted by molar-refractivity contribution is 5.91. The van der Waals surface area contributed by atoms with Crippen molar-refractivity contribution in [2.45, 2.75) is 13.0 Å². The van der Waals surface area contributed by atoms with Gasteiger partial charge in [0.15, 0.2) is 0 Å². The Balaban J connectivity index is 2.66. The second-order valence-corrected chi connectivity index (χ2v) is 4.45. The van der Waals surface area contributed by atoms with E-state index in [1.165, 1.54) is 7.11 Å². The minimum absolute atomic E-state index is 0.0640. The van der Waals surface area contributed by atoms with Gasteiger partial charge in [-0.3, -0.25) is 0 Å². The molecule has 0 aromatic heterocycles. The van der Waals surface area contributed by atoms with Crippen LogP contribution < -0.4 is 10.6 Å². The standard InChI is InChI=1S/C16H20N2O5/c1-3-17-16(21)18-13(12-7-5-4-6-8-12)11-23-15(20)10-9-14(19)22-2/h4-10,13H,3,11H2,1-2H3,(H2,17,18,21)/b10-9+/t13-/m0/s1. The zero-order valence-electron chi connectivity index (χ0n) is 13.1. The third-order valence-electron chi connectivity index (χ3n) is 2.79. The first-order valence-corrected chi connectivity index (χ1v) is 7.09. The van der Waals surface area contributed by atoms with Gasteiger partial charge in [-0.1, -0.05) is 30.3 Å². The van der Waals surface area contributed by atoms with Gasteiger partial charge in [0.2, 0.25) is 0 Å². The number of hydrogen-bond donors (Lipinski definition) is 2. The average Bonchev–Trinajstić information content (AvgIpc) is 2.57. The zero-order chi connectivity index (χ0) is 17.1. The summed E-state index contributed by atoms with van der Waals surface area (Å²) in [4.78, 5) is 34.2. The van der Waals surface area contributed by atoms with Gasteiger partial charge in [-0.15, -0.1) is 0 Å². The number of methoxy groups -OCH3 is 1. The molecule has 0 saturated carbocycles. The number of amides is 2. The first-order valence-electron chi connectivity index (χ1n) is 7.09. The lowest BCUT2D eigenvalue weighted by atomic mass is 10.1. The van der Waals surface area contributed by atoms with E-state index in [-0.39, 0.29) is 12.6 Å². The Kier molecular flexibility index (Phi) is 7.91. The topological polar surface area (TPSA) is 93.7 Å². The molecule has 0 heterocycles. The van der Waals surface area contributed by atoms with E-state index in [1.807, 2.05) is 30.3 Å². The van der Waals surface area contributed by atoms with E-state index < -0.39 is 18.0 Å². The van der Waals surface area contributed by atoms with Gasteiger partial charge in [0, 0.05) is 18.7 Å². The quantitative estimate of drug-likeness (QED) is 0.584. The van der Waals surface area contributed by atoms with Gasteiger partial charge < -0.3 is 20.1 Å². The lowest BCUT2D eigenvalue weighted by Gasteiger charge is -2.19. The molecule has 124 valence electrons. The maximum absolute atomic E-state index is 11.7. The number of ether oxygens (including phenoxy) is 2. The fourth-order valence-electron chi connectivity index (χ4n) is 1.69. The number of esters is 2. The van der Waals surface area contributed by atoms with Gasteiger partial charge in [-0.05, 0) is 12.5 Å². The fourth-order valence-corrected chi connectivity index (χ4v) is 1.69. The summed E-state index contributed by atoms with van der Waals surface area (Å²) in [5, 5.41) is 5.34. The Morgan fingerprint density at radius 2 is 1.78 bits per heavy atom. The van der Waals surface area contributed by atoms with Crippen LogP contribution in [-0.2, 0) is 19.1 Å². The third kappa shape index (κ3) is 7.12. The third-order valence-corrected chi connectivity index (χ3v) is 2.79. The molecule has 1 rings (SSSR count). The molecule has 0 spiro atoms. The molecule has 0 aliphatic carbocycles. The van der Waals surface area contributed by atoms with Crippen molar-refractivity contribution in [2.24, 2.45) is 0 Å². The molecule has 0 unspecified atom stereocenters. The molecular weight excluding hydrogens is 300 g/mol. The van der Waals surface area contributed by atoms with Crippen LogP contribution in [0.3, 0.4) is 0 Å². The van der Waals surface area contributed by atoms with Crippen molar-refractivity contribution >= 4 is 18.0 Å². The first kappa shape index (κ1) is 18.2. The lowest BCUT2D eigenvalue weighted by molar-refractivity contribution is -0.139. The fraction of sp³-hybridized carbons (Fsp3) is 0.312. The molecule has 1 atom stereocenters. The van der Waals surface area contributed by atoms with Gasteiger partial charge in [0.05, 0.1) is 13.2 Å². The Bertz CT molecular complexity index is 557. The summed E-state index contributed by atoms with van der Waals surface area (Å²) in [6.45, 7) is 2.22. The molecule has 2 amide bonds. The maximum atomic E-state index is 11.7. The van der Waals surface area contributed by atoms with Crippen molar-refractivity contribution in [2.75, 3.05) is 20.3 Å². The van der Waals surface area contributed by atoms with Gasteiger partial charge in [0.1, 0.15) is 6.61 Å². The normalized spacial score (nSPS) is 11.6. The van der Waals surface area contributed by atoms with E-state index in [0.717, 1.165) is 17.7 Å². The summed E-state index contributed by atoms with van der Waals surface area (Å²) in [6, 6.07) is 8.25. The van der Waals surface area contributed by atoms with Crippen LogP contribution in [0.4, 0.5) is 4.79 Å². The van der Waals surface area contributed by atoms with Gasteiger partial charge in [0.25, 0.3) is 0 Å². The van der Waals surface area contributed by atoms with Crippen LogP contribution in [-0.4, -0.2) is 38.2 Å². The maximum Gasteiger partial charge on any atom is 0.331 e. The lowest BCUT2D eigenvalue weighted by Crippen LogP contribution is -2.39. The van der Waals surface area contributed by atoms with E-state index >= 15 is 0 Å². The largest absolute Gasteiger partial charge is 0.466 e. The summed E-state index contributed by atoms with van der Waals surface area (Å²) in [5.41, 5.74) is 0.795. The van der Waals surface area contributed by atoms with E-state index in [4.69, 9.17) is 4.74 Å². The minimum atomic E-state index is -0.700. The molecule has 7 nitrogen and oxygen atoms in total. The van der Waals surface area contributed by atoms with Crippen LogP contribution >= 0.6 is 0 Å². The van der Waals surface area contributed by atoms with E-state index in [1.54, 1.807) is 6.92 Å². The van der Waals surface area contributed by atoms with Gasteiger partial charge in [-0.25, -0.2) is 14.4 Å². The average molecular weight is 320 g/mol. The second-order valence-electron chi connectivity index (χ2n) is 4.45. The summed E-state index contributed by atoms with van der Waals surface area (Å²) in [5.74, 6) is -1.35. The molecule has 7 heteroatoms. The van der Waals surface area contributed by atoms with Crippen LogP contribution in [0.25, 0.3) is 0 Å². The molecular formula is C16H20N2O5. The van der Waals surface area contributed by atoms with Gasteiger partial charge >= 0.3 is 18.0 Å². The minimum Gasteiger partial charge on any atom is -0.466 e. The van der Waals surface area contributed by atoms with Crippen LogP contribution in [0.1, 0.15) is 18.5 Å². The van der Waals surface area contributed by atoms with Crippen molar-refractivity contribution in [3.8, 4) is 0 Å². The molecule has 0 radical (unpaired) electrons. The second kappa shape index (κ2) is 9.99. The number of nitrogens with one attached hydrogen (secondary N) is 2. The van der Waals surface area contributed by atoms with Crippen molar-refractivity contribution in [3.05, 3.63) is 48.0 Å². The Morgan fingerprint density at radius 1 is 1.13 bits per heavy atom. The molecule has 2 N–H and O–H groups in total. The van der Waals surface area contributed by atoms with Crippen LogP contribution in [0.2, 0.25) is 0 Å². The molecule has 0 fully saturated rings. The number of hydrogen-bond acceptors (Lipinski definition) is 5. The SMILES string of the molecule is CCNC(=O)N[C@@H](COC(=O)/C=C/C(=O)OC)c1ccccc1. The molecule has 0 aliphatic rings.